The molecule has 0 aliphatic carbocycles. The van der Waals surface area contributed by atoms with Gasteiger partial charge >= 0.3 is 6.03 Å². The molecule has 2 aromatic rings. The van der Waals surface area contributed by atoms with Crippen molar-refractivity contribution in [2.45, 2.75) is 25.8 Å². The Morgan fingerprint density at radius 3 is 2.55 bits per heavy atom. The number of anilines is 2. The predicted octanol–water partition coefficient (Wildman–Crippen LogP) is 4.09. The fourth-order valence-corrected chi connectivity index (χ4v) is 2.84. The van der Waals surface area contributed by atoms with Crippen LogP contribution in [0.15, 0.2) is 54.6 Å². The van der Waals surface area contributed by atoms with Crippen LogP contribution in [0.5, 0.6) is 0 Å². The van der Waals surface area contributed by atoms with Gasteiger partial charge in [-0.1, -0.05) is 37.3 Å². The Balaban J connectivity index is 1.94. The summed E-state index contributed by atoms with van der Waals surface area (Å²) >= 11 is 0. The molecule has 0 fully saturated rings. The zero-order valence-electron chi connectivity index (χ0n) is 12.5. The highest BCUT2D eigenvalue weighted by atomic mass is 16.2. The van der Waals surface area contributed by atoms with E-state index < -0.39 is 0 Å². The van der Waals surface area contributed by atoms with Gasteiger partial charge in [-0.3, -0.25) is 9.69 Å². The molecular weight excluding hydrogens is 276 g/mol. The lowest BCUT2D eigenvalue weighted by Gasteiger charge is -2.35. The van der Waals surface area contributed by atoms with Crippen molar-refractivity contribution in [3.8, 4) is 0 Å². The first kappa shape index (κ1) is 14.3. The molecule has 0 radical (unpaired) electrons. The molecule has 0 spiro atoms. The van der Waals surface area contributed by atoms with Crippen LogP contribution in [0.2, 0.25) is 0 Å². The van der Waals surface area contributed by atoms with Crippen molar-refractivity contribution >= 4 is 23.2 Å². The van der Waals surface area contributed by atoms with Gasteiger partial charge in [0.15, 0.2) is 5.78 Å². The highest BCUT2D eigenvalue weighted by Crippen LogP contribution is 2.32. The minimum Gasteiger partial charge on any atom is -0.308 e. The van der Waals surface area contributed by atoms with Crippen LogP contribution >= 0.6 is 0 Å². The number of nitrogens with one attached hydrogen (secondary N) is 1. The second kappa shape index (κ2) is 6.02. The summed E-state index contributed by atoms with van der Waals surface area (Å²) in [5, 5.41) is 2.91. The van der Waals surface area contributed by atoms with E-state index in [1.54, 1.807) is 11.0 Å². The van der Waals surface area contributed by atoms with Crippen LogP contribution in [-0.2, 0) is 0 Å². The average molecular weight is 294 g/mol. The Kier molecular flexibility index (Phi) is 3.92. The number of amides is 2. The van der Waals surface area contributed by atoms with E-state index in [-0.39, 0.29) is 17.9 Å². The molecule has 22 heavy (non-hydrogen) atoms. The second-order valence-corrected chi connectivity index (χ2v) is 5.37. The fourth-order valence-electron chi connectivity index (χ4n) is 2.84. The molecule has 0 aromatic heterocycles. The van der Waals surface area contributed by atoms with E-state index >= 15 is 0 Å². The van der Waals surface area contributed by atoms with Gasteiger partial charge in [-0.2, -0.15) is 0 Å². The van der Waals surface area contributed by atoms with Gasteiger partial charge in [0.25, 0.3) is 0 Å². The summed E-state index contributed by atoms with van der Waals surface area (Å²) in [4.78, 5) is 26.6. The third kappa shape index (κ3) is 2.60. The number of carbonyl (C=O) groups is 2. The van der Waals surface area contributed by atoms with E-state index in [0.29, 0.717) is 17.7 Å². The largest absolute Gasteiger partial charge is 0.326 e. The van der Waals surface area contributed by atoms with Gasteiger partial charge in [-0.05, 0) is 30.7 Å². The number of hydrogen-bond acceptors (Lipinski definition) is 2. The molecule has 0 saturated heterocycles. The first-order valence-corrected chi connectivity index (χ1v) is 7.48. The molecular formula is C18H18N2O2. The molecule has 1 N–H and O–H groups in total. The molecule has 1 unspecified atom stereocenters. The number of ketones is 1. The van der Waals surface area contributed by atoms with Crippen molar-refractivity contribution in [3.05, 3.63) is 60.2 Å². The minimum atomic E-state index is -0.196. The van der Waals surface area contributed by atoms with Crippen molar-refractivity contribution in [2.24, 2.45) is 0 Å². The quantitative estimate of drug-likeness (QED) is 0.907. The molecule has 4 heteroatoms. The van der Waals surface area contributed by atoms with E-state index in [2.05, 4.69) is 5.32 Å². The topological polar surface area (TPSA) is 49.4 Å². The van der Waals surface area contributed by atoms with Crippen LogP contribution in [-0.4, -0.2) is 17.9 Å². The number of para-hydroxylation sites is 2. The molecule has 1 aliphatic rings. The summed E-state index contributed by atoms with van der Waals surface area (Å²) < 4.78 is 0. The van der Waals surface area contributed by atoms with Gasteiger partial charge in [-0.25, -0.2) is 4.79 Å². The maximum absolute atomic E-state index is 12.7. The van der Waals surface area contributed by atoms with Crippen molar-refractivity contribution in [2.75, 3.05) is 10.2 Å². The smallest absolute Gasteiger partial charge is 0.308 e. The number of benzene rings is 2. The zero-order chi connectivity index (χ0) is 15.5. The van der Waals surface area contributed by atoms with Gasteiger partial charge in [0.2, 0.25) is 0 Å². The normalized spacial score (nSPS) is 17.0. The summed E-state index contributed by atoms with van der Waals surface area (Å²) in [5.41, 5.74) is 2.06. The van der Waals surface area contributed by atoms with Crippen LogP contribution in [0.3, 0.4) is 0 Å². The standard InChI is InChI=1S/C18H18N2O2/c1-2-14-12-17(21)15-10-6-7-11-16(15)20(14)18(22)19-13-8-4-3-5-9-13/h3-11,14H,2,12H2,1H3,(H,19,22). The second-order valence-electron chi connectivity index (χ2n) is 5.37. The maximum Gasteiger partial charge on any atom is 0.326 e. The lowest BCUT2D eigenvalue weighted by molar-refractivity contribution is 0.0967. The fraction of sp³-hybridized carbons (Fsp3) is 0.222. The van der Waals surface area contributed by atoms with Crippen molar-refractivity contribution < 1.29 is 9.59 Å². The van der Waals surface area contributed by atoms with Gasteiger partial charge in [0.05, 0.1) is 5.69 Å². The Bertz CT molecular complexity index is 697. The zero-order valence-corrected chi connectivity index (χ0v) is 12.5. The number of fused-ring (bicyclic) bond motifs is 1. The summed E-state index contributed by atoms with van der Waals surface area (Å²) in [7, 11) is 0. The molecule has 4 nitrogen and oxygen atoms in total. The molecule has 0 bridgehead atoms. The van der Waals surface area contributed by atoms with E-state index in [1.807, 2.05) is 55.5 Å². The van der Waals surface area contributed by atoms with E-state index in [4.69, 9.17) is 0 Å². The third-order valence-electron chi connectivity index (χ3n) is 3.97. The van der Waals surface area contributed by atoms with E-state index in [1.165, 1.54) is 0 Å². The van der Waals surface area contributed by atoms with Crippen molar-refractivity contribution in [3.63, 3.8) is 0 Å². The van der Waals surface area contributed by atoms with Crippen LogP contribution in [0.4, 0.5) is 16.2 Å². The van der Waals surface area contributed by atoms with Crippen LogP contribution in [0, 0.1) is 0 Å². The third-order valence-corrected chi connectivity index (χ3v) is 3.97. The van der Waals surface area contributed by atoms with Gasteiger partial charge in [0.1, 0.15) is 0 Å². The minimum absolute atomic E-state index is 0.103. The number of nitrogens with zero attached hydrogens (tertiary/aromatic N) is 1. The average Bonchev–Trinajstić information content (AvgIpc) is 2.55. The van der Waals surface area contributed by atoms with Crippen molar-refractivity contribution in [1.29, 1.82) is 0 Å². The van der Waals surface area contributed by atoms with E-state index in [0.717, 1.165) is 12.1 Å². The Hall–Kier alpha value is -2.62. The molecule has 1 aliphatic heterocycles. The highest BCUT2D eigenvalue weighted by Gasteiger charge is 2.34. The highest BCUT2D eigenvalue weighted by molar-refractivity contribution is 6.11. The number of hydrogen-bond donors (Lipinski definition) is 1. The first-order valence-electron chi connectivity index (χ1n) is 7.48. The van der Waals surface area contributed by atoms with Gasteiger partial charge in [-0.15, -0.1) is 0 Å². The number of Topliss-reactive ketones (excluding diaryl/α,β-unsaturated/α-hetero) is 1. The van der Waals surface area contributed by atoms with Crippen LogP contribution < -0.4 is 10.2 Å². The summed E-state index contributed by atoms with van der Waals surface area (Å²) in [6.07, 6.45) is 1.11. The van der Waals surface area contributed by atoms with Gasteiger partial charge < -0.3 is 5.32 Å². The number of urea groups is 1. The summed E-state index contributed by atoms with van der Waals surface area (Å²) in [5.74, 6) is 0.103. The molecule has 1 heterocycles. The number of rotatable bonds is 2. The van der Waals surface area contributed by atoms with E-state index in [9.17, 15) is 9.59 Å². The van der Waals surface area contributed by atoms with Crippen LogP contribution in [0.25, 0.3) is 0 Å². The monoisotopic (exact) mass is 294 g/mol. The molecule has 112 valence electrons. The lowest BCUT2D eigenvalue weighted by Crippen LogP contribution is -2.47. The summed E-state index contributed by atoms with van der Waals surface area (Å²) in [6, 6.07) is 16.3. The molecule has 0 saturated carbocycles. The van der Waals surface area contributed by atoms with Crippen LogP contribution in [0.1, 0.15) is 30.1 Å². The molecule has 3 rings (SSSR count). The predicted molar refractivity (Wildman–Crippen MR) is 87.4 cm³/mol. The Morgan fingerprint density at radius 1 is 1.14 bits per heavy atom. The van der Waals surface area contributed by atoms with Gasteiger partial charge in [0, 0.05) is 23.7 Å². The first-order chi connectivity index (χ1) is 10.7. The molecule has 2 aromatic carbocycles. The summed E-state index contributed by atoms with van der Waals surface area (Å²) in [6.45, 7) is 1.99. The SMILES string of the molecule is CCC1CC(=O)c2ccccc2N1C(=O)Nc1ccccc1. The lowest BCUT2D eigenvalue weighted by atomic mass is 9.93. The molecule has 2 amide bonds. The molecule has 1 atom stereocenters. The maximum atomic E-state index is 12.7. The van der Waals surface area contributed by atoms with Crippen molar-refractivity contribution in [1.82, 2.24) is 0 Å². The Labute approximate surface area is 129 Å². The number of carbonyl (C=O) groups excluding carboxylic acids is 2. The Morgan fingerprint density at radius 2 is 1.82 bits per heavy atom.